The van der Waals surface area contributed by atoms with Crippen molar-refractivity contribution >= 4 is 29.4 Å². The predicted octanol–water partition coefficient (Wildman–Crippen LogP) is 4.26. The molecule has 6 nitrogen and oxygen atoms in total. The van der Waals surface area contributed by atoms with Gasteiger partial charge in [0.2, 0.25) is 5.91 Å². The van der Waals surface area contributed by atoms with Gasteiger partial charge in [0.25, 0.3) is 0 Å². The number of carbonyl (C=O) groups excluding carboxylic acids is 3. The average Bonchev–Trinajstić information content (AvgIpc) is 2.70. The molecule has 158 valence electrons. The SMILES string of the molecule is COc1ccc(/C=C/C(=O)OCC(=O)c2ccc(NC(=O)C(C)(C)C)cc2)cc1F. The third-order valence-electron chi connectivity index (χ3n) is 4.08. The molecule has 0 aliphatic heterocycles. The number of hydrogen-bond acceptors (Lipinski definition) is 5. The number of hydrogen-bond donors (Lipinski definition) is 1. The van der Waals surface area contributed by atoms with E-state index in [1.807, 2.05) is 0 Å². The van der Waals surface area contributed by atoms with E-state index < -0.39 is 23.8 Å². The largest absolute Gasteiger partial charge is 0.494 e. The topological polar surface area (TPSA) is 81.7 Å². The van der Waals surface area contributed by atoms with Gasteiger partial charge in [-0.05, 0) is 48.0 Å². The highest BCUT2D eigenvalue weighted by molar-refractivity contribution is 6.00. The molecule has 0 saturated heterocycles. The number of halogens is 1. The van der Waals surface area contributed by atoms with Crippen LogP contribution in [0.5, 0.6) is 5.75 Å². The van der Waals surface area contributed by atoms with Crippen LogP contribution in [-0.2, 0) is 14.3 Å². The molecule has 0 aromatic heterocycles. The molecular weight excluding hydrogens is 389 g/mol. The van der Waals surface area contributed by atoms with E-state index in [0.717, 1.165) is 6.08 Å². The first kappa shape index (κ1) is 22.8. The van der Waals surface area contributed by atoms with Gasteiger partial charge in [0.15, 0.2) is 24.0 Å². The van der Waals surface area contributed by atoms with E-state index in [1.54, 1.807) is 51.1 Å². The summed E-state index contributed by atoms with van der Waals surface area (Å²) in [4.78, 5) is 36.0. The molecule has 2 aromatic carbocycles. The normalized spacial score (nSPS) is 11.2. The summed E-state index contributed by atoms with van der Waals surface area (Å²) in [6.07, 6.45) is 2.49. The second-order valence-corrected chi connectivity index (χ2v) is 7.54. The Morgan fingerprint density at radius 1 is 1.07 bits per heavy atom. The number of ether oxygens (including phenoxy) is 2. The number of benzene rings is 2. The van der Waals surface area contributed by atoms with E-state index in [9.17, 15) is 18.8 Å². The zero-order valence-corrected chi connectivity index (χ0v) is 17.3. The van der Waals surface area contributed by atoms with Gasteiger partial charge >= 0.3 is 5.97 Å². The summed E-state index contributed by atoms with van der Waals surface area (Å²) < 4.78 is 23.4. The average molecular weight is 413 g/mol. The Morgan fingerprint density at radius 2 is 1.73 bits per heavy atom. The molecule has 0 fully saturated rings. The Hall–Kier alpha value is -3.48. The molecule has 0 atom stereocenters. The summed E-state index contributed by atoms with van der Waals surface area (Å²) in [6, 6.07) is 10.5. The summed E-state index contributed by atoms with van der Waals surface area (Å²) in [7, 11) is 1.36. The summed E-state index contributed by atoms with van der Waals surface area (Å²) in [5.41, 5.74) is 0.828. The fourth-order valence-corrected chi connectivity index (χ4v) is 2.28. The molecule has 30 heavy (non-hydrogen) atoms. The van der Waals surface area contributed by atoms with Crippen molar-refractivity contribution < 1.29 is 28.2 Å². The maximum absolute atomic E-state index is 13.6. The van der Waals surface area contributed by atoms with Gasteiger partial charge in [-0.1, -0.05) is 26.8 Å². The van der Waals surface area contributed by atoms with Crippen molar-refractivity contribution in [1.29, 1.82) is 0 Å². The highest BCUT2D eigenvalue weighted by Crippen LogP contribution is 2.19. The van der Waals surface area contributed by atoms with Crippen LogP contribution < -0.4 is 10.1 Å². The van der Waals surface area contributed by atoms with Gasteiger partial charge in [0.05, 0.1) is 7.11 Å². The van der Waals surface area contributed by atoms with Crippen molar-refractivity contribution in [2.45, 2.75) is 20.8 Å². The maximum Gasteiger partial charge on any atom is 0.331 e. The standard InChI is InChI=1S/C23H24FNO5/c1-23(2,3)22(28)25-17-9-7-16(8-10-17)19(26)14-30-21(27)12-6-15-5-11-20(29-4)18(24)13-15/h5-13H,14H2,1-4H3,(H,25,28)/b12-6+. The smallest absolute Gasteiger partial charge is 0.331 e. The molecule has 0 spiro atoms. The second-order valence-electron chi connectivity index (χ2n) is 7.54. The molecule has 2 aromatic rings. The Labute approximate surface area is 174 Å². The monoisotopic (exact) mass is 413 g/mol. The molecule has 0 radical (unpaired) electrons. The maximum atomic E-state index is 13.6. The van der Waals surface area contributed by atoms with Gasteiger partial charge in [0.1, 0.15) is 0 Å². The Bertz CT molecular complexity index is 959. The highest BCUT2D eigenvalue weighted by Gasteiger charge is 2.21. The summed E-state index contributed by atoms with van der Waals surface area (Å²) >= 11 is 0. The number of methoxy groups -OCH3 is 1. The minimum Gasteiger partial charge on any atom is -0.494 e. The quantitative estimate of drug-likeness (QED) is 0.417. The van der Waals surface area contributed by atoms with E-state index >= 15 is 0 Å². The lowest BCUT2D eigenvalue weighted by molar-refractivity contribution is -0.136. The zero-order valence-electron chi connectivity index (χ0n) is 17.3. The molecule has 0 unspecified atom stereocenters. The van der Waals surface area contributed by atoms with Crippen molar-refractivity contribution in [3.8, 4) is 5.75 Å². The lowest BCUT2D eigenvalue weighted by Gasteiger charge is -2.17. The fraction of sp³-hybridized carbons (Fsp3) is 0.261. The minimum atomic E-state index is -0.728. The summed E-state index contributed by atoms with van der Waals surface area (Å²) in [5.74, 6) is -1.71. The Kier molecular flexibility index (Phi) is 7.47. The van der Waals surface area contributed by atoms with E-state index in [0.29, 0.717) is 16.8 Å². The van der Waals surface area contributed by atoms with Crippen molar-refractivity contribution in [3.05, 3.63) is 65.5 Å². The lowest BCUT2D eigenvalue weighted by Crippen LogP contribution is -2.27. The van der Waals surface area contributed by atoms with Gasteiger partial charge in [-0.15, -0.1) is 0 Å². The molecule has 1 amide bonds. The van der Waals surface area contributed by atoms with Crippen LogP contribution >= 0.6 is 0 Å². The lowest BCUT2D eigenvalue weighted by atomic mass is 9.95. The van der Waals surface area contributed by atoms with Gasteiger partial charge in [-0.25, -0.2) is 9.18 Å². The number of esters is 1. The van der Waals surface area contributed by atoms with Crippen molar-refractivity contribution in [1.82, 2.24) is 0 Å². The first-order valence-electron chi connectivity index (χ1n) is 9.23. The molecule has 2 rings (SSSR count). The number of Topliss-reactive ketones (excluding diaryl/α,β-unsaturated/α-hetero) is 1. The zero-order chi connectivity index (χ0) is 22.3. The van der Waals surface area contributed by atoms with E-state index in [4.69, 9.17) is 9.47 Å². The van der Waals surface area contributed by atoms with Crippen molar-refractivity contribution in [2.24, 2.45) is 5.41 Å². The summed E-state index contributed by atoms with van der Waals surface area (Å²) in [6.45, 7) is 4.96. The molecule has 0 aliphatic rings. The van der Waals surface area contributed by atoms with Gasteiger partial charge in [-0.3, -0.25) is 9.59 Å². The van der Waals surface area contributed by atoms with Crippen LogP contribution in [0, 0.1) is 11.2 Å². The summed E-state index contributed by atoms with van der Waals surface area (Å²) in [5, 5.41) is 2.76. The molecule has 0 bridgehead atoms. The molecule has 0 aliphatic carbocycles. The van der Waals surface area contributed by atoms with Crippen LogP contribution in [-0.4, -0.2) is 31.4 Å². The van der Waals surface area contributed by atoms with Crippen LogP contribution in [0.4, 0.5) is 10.1 Å². The van der Waals surface area contributed by atoms with Gasteiger partial charge in [-0.2, -0.15) is 0 Å². The number of anilines is 1. The molecular formula is C23H24FNO5. The highest BCUT2D eigenvalue weighted by atomic mass is 19.1. The van der Waals surface area contributed by atoms with Crippen molar-refractivity contribution in [2.75, 3.05) is 19.0 Å². The number of ketones is 1. The van der Waals surface area contributed by atoms with E-state index in [-0.39, 0.29) is 17.4 Å². The molecule has 0 saturated carbocycles. The fourth-order valence-electron chi connectivity index (χ4n) is 2.28. The minimum absolute atomic E-state index is 0.101. The van der Waals surface area contributed by atoms with Crippen LogP contribution in [0.15, 0.2) is 48.5 Å². The molecule has 1 N–H and O–H groups in total. The van der Waals surface area contributed by atoms with Crippen LogP contribution in [0.1, 0.15) is 36.7 Å². The molecule has 0 heterocycles. The number of amides is 1. The second kappa shape index (κ2) is 9.82. The first-order chi connectivity index (χ1) is 14.1. The third kappa shape index (κ3) is 6.55. The van der Waals surface area contributed by atoms with Crippen LogP contribution in [0.3, 0.4) is 0 Å². The van der Waals surface area contributed by atoms with E-state index in [1.165, 1.54) is 25.3 Å². The number of nitrogens with one attached hydrogen (secondary N) is 1. The van der Waals surface area contributed by atoms with E-state index in [2.05, 4.69) is 5.32 Å². The van der Waals surface area contributed by atoms with Gasteiger partial charge in [0, 0.05) is 22.7 Å². The van der Waals surface area contributed by atoms with Gasteiger partial charge < -0.3 is 14.8 Å². The Morgan fingerprint density at radius 3 is 2.30 bits per heavy atom. The Balaban J connectivity index is 1.88. The predicted molar refractivity (Wildman–Crippen MR) is 112 cm³/mol. The van der Waals surface area contributed by atoms with Crippen molar-refractivity contribution in [3.63, 3.8) is 0 Å². The number of carbonyl (C=O) groups is 3. The molecule has 7 heteroatoms. The van der Waals surface area contributed by atoms with Crippen LogP contribution in [0.2, 0.25) is 0 Å². The first-order valence-corrected chi connectivity index (χ1v) is 9.23. The number of rotatable bonds is 7. The third-order valence-corrected chi connectivity index (χ3v) is 4.08. The van der Waals surface area contributed by atoms with Crippen LogP contribution in [0.25, 0.3) is 6.08 Å².